The largest absolute Gasteiger partial charge is 0.493 e. The van der Waals surface area contributed by atoms with Gasteiger partial charge in [0, 0.05) is 10.9 Å². The Hall–Kier alpha value is -3.26. The van der Waals surface area contributed by atoms with Crippen molar-refractivity contribution in [2.24, 2.45) is 0 Å². The summed E-state index contributed by atoms with van der Waals surface area (Å²) in [6, 6.07) is 10.8. The number of carbonyl (C=O) groups excluding carboxylic acids is 1. The molecule has 0 unspecified atom stereocenters. The van der Waals surface area contributed by atoms with Crippen LogP contribution in [-0.4, -0.2) is 38.3 Å². The van der Waals surface area contributed by atoms with Crippen LogP contribution in [0.1, 0.15) is 10.4 Å². The fraction of sp³-hybridized carbons (Fsp3) is 0.200. The topological polar surface area (TPSA) is 78.9 Å². The zero-order chi connectivity index (χ0) is 19.5. The second-order valence-electron chi connectivity index (χ2n) is 5.89. The van der Waals surface area contributed by atoms with Gasteiger partial charge >= 0.3 is 0 Å². The number of aromatic nitrogens is 1. The number of hydrogen-bond acceptors (Lipinski definition) is 7. The lowest BCUT2D eigenvalue weighted by atomic mass is 10.1. The van der Waals surface area contributed by atoms with E-state index < -0.39 is 0 Å². The summed E-state index contributed by atoms with van der Waals surface area (Å²) in [4.78, 5) is 17.2. The SMILES string of the molecule is COc1cccc(C(=O)Nc2nc(-c3ccc4c(c3)OCCO4)cs2)c1OC. The van der Waals surface area contributed by atoms with Crippen LogP contribution in [0.3, 0.4) is 0 Å². The summed E-state index contributed by atoms with van der Waals surface area (Å²) in [5.41, 5.74) is 2.01. The van der Waals surface area contributed by atoms with Gasteiger partial charge < -0.3 is 18.9 Å². The average molecular weight is 398 g/mol. The fourth-order valence-electron chi connectivity index (χ4n) is 2.90. The van der Waals surface area contributed by atoms with Crippen LogP contribution in [0.15, 0.2) is 41.8 Å². The predicted molar refractivity (Wildman–Crippen MR) is 106 cm³/mol. The number of fused-ring (bicyclic) bond motifs is 1. The highest BCUT2D eigenvalue weighted by molar-refractivity contribution is 7.14. The van der Waals surface area contributed by atoms with E-state index >= 15 is 0 Å². The minimum atomic E-state index is -0.321. The van der Waals surface area contributed by atoms with E-state index in [1.54, 1.807) is 18.2 Å². The number of hydrogen-bond donors (Lipinski definition) is 1. The second kappa shape index (κ2) is 7.77. The monoisotopic (exact) mass is 398 g/mol. The number of nitrogens with zero attached hydrogens (tertiary/aromatic N) is 1. The molecule has 0 spiro atoms. The van der Waals surface area contributed by atoms with Crippen LogP contribution in [0, 0.1) is 0 Å². The number of carbonyl (C=O) groups is 1. The molecule has 4 rings (SSSR count). The van der Waals surface area contributed by atoms with Gasteiger partial charge in [0.2, 0.25) is 0 Å². The summed E-state index contributed by atoms with van der Waals surface area (Å²) in [5, 5.41) is 5.18. The Balaban J connectivity index is 1.55. The third-order valence-corrected chi connectivity index (χ3v) is 4.97. The van der Waals surface area contributed by atoms with Crippen molar-refractivity contribution in [3.05, 3.63) is 47.3 Å². The third-order valence-electron chi connectivity index (χ3n) is 4.21. The minimum Gasteiger partial charge on any atom is -0.493 e. The fourth-order valence-corrected chi connectivity index (χ4v) is 3.61. The number of nitrogens with one attached hydrogen (secondary N) is 1. The Morgan fingerprint density at radius 3 is 2.71 bits per heavy atom. The molecule has 0 aliphatic carbocycles. The number of para-hydroxylation sites is 1. The van der Waals surface area contributed by atoms with E-state index in [0.29, 0.717) is 41.2 Å². The van der Waals surface area contributed by atoms with Crippen molar-refractivity contribution < 1.29 is 23.7 Å². The minimum absolute atomic E-state index is 0.321. The summed E-state index contributed by atoms with van der Waals surface area (Å²) < 4.78 is 21.7. The molecule has 0 saturated heterocycles. The van der Waals surface area contributed by atoms with E-state index in [9.17, 15) is 4.79 Å². The molecule has 28 heavy (non-hydrogen) atoms. The maximum Gasteiger partial charge on any atom is 0.261 e. The number of methoxy groups -OCH3 is 2. The Morgan fingerprint density at radius 1 is 1.11 bits per heavy atom. The summed E-state index contributed by atoms with van der Waals surface area (Å²) in [6.07, 6.45) is 0. The number of rotatable bonds is 5. The molecular formula is C20H18N2O5S. The van der Waals surface area contributed by atoms with E-state index in [1.165, 1.54) is 25.6 Å². The number of benzene rings is 2. The van der Waals surface area contributed by atoms with Gasteiger partial charge in [-0.2, -0.15) is 0 Å². The van der Waals surface area contributed by atoms with Gasteiger partial charge in [0.1, 0.15) is 13.2 Å². The van der Waals surface area contributed by atoms with Crippen molar-refractivity contribution in [1.29, 1.82) is 0 Å². The van der Waals surface area contributed by atoms with E-state index in [1.807, 2.05) is 23.6 Å². The Morgan fingerprint density at radius 2 is 1.93 bits per heavy atom. The van der Waals surface area contributed by atoms with Gasteiger partial charge in [-0.1, -0.05) is 6.07 Å². The van der Waals surface area contributed by atoms with E-state index in [4.69, 9.17) is 18.9 Å². The van der Waals surface area contributed by atoms with Gasteiger partial charge in [0.05, 0.1) is 25.5 Å². The summed E-state index contributed by atoms with van der Waals surface area (Å²) in [7, 11) is 3.03. The number of amides is 1. The average Bonchev–Trinajstić information content (AvgIpc) is 3.21. The van der Waals surface area contributed by atoms with Crippen LogP contribution in [0.25, 0.3) is 11.3 Å². The van der Waals surface area contributed by atoms with Gasteiger partial charge in [-0.25, -0.2) is 4.98 Å². The molecule has 1 aliphatic rings. The van der Waals surface area contributed by atoms with Crippen LogP contribution in [-0.2, 0) is 0 Å². The van der Waals surface area contributed by atoms with Gasteiger partial charge in [-0.05, 0) is 30.3 Å². The van der Waals surface area contributed by atoms with Crippen molar-refractivity contribution >= 4 is 22.4 Å². The van der Waals surface area contributed by atoms with Crippen LogP contribution < -0.4 is 24.3 Å². The molecule has 3 aromatic rings. The molecular weight excluding hydrogens is 380 g/mol. The van der Waals surface area contributed by atoms with E-state index in [-0.39, 0.29) is 5.91 Å². The van der Waals surface area contributed by atoms with Crippen LogP contribution >= 0.6 is 11.3 Å². The molecule has 2 aromatic carbocycles. The van der Waals surface area contributed by atoms with Crippen molar-refractivity contribution in [2.45, 2.75) is 0 Å². The first-order chi connectivity index (χ1) is 13.7. The van der Waals surface area contributed by atoms with Crippen molar-refractivity contribution in [3.8, 4) is 34.3 Å². The van der Waals surface area contributed by atoms with Crippen LogP contribution in [0.5, 0.6) is 23.0 Å². The maximum atomic E-state index is 12.7. The normalized spacial score (nSPS) is 12.4. The summed E-state index contributed by atoms with van der Waals surface area (Å²) >= 11 is 1.34. The molecule has 0 bridgehead atoms. The molecule has 144 valence electrons. The standard InChI is InChI=1S/C20H18N2O5S/c1-24-16-5-3-4-13(18(16)25-2)19(23)22-20-21-14(11-28-20)12-6-7-15-17(10-12)27-9-8-26-15/h3-7,10-11H,8-9H2,1-2H3,(H,21,22,23). The molecule has 7 nitrogen and oxygen atoms in total. The van der Waals surface area contributed by atoms with Gasteiger partial charge in [0.25, 0.3) is 5.91 Å². The van der Waals surface area contributed by atoms with Crippen molar-refractivity contribution in [2.75, 3.05) is 32.8 Å². The first kappa shape index (κ1) is 18.1. The molecule has 0 atom stereocenters. The molecule has 1 aliphatic heterocycles. The highest BCUT2D eigenvalue weighted by Crippen LogP contribution is 2.36. The number of anilines is 1. The Bertz CT molecular complexity index is 1020. The Labute approximate surface area is 165 Å². The molecule has 0 fully saturated rings. The molecule has 1 amide bonds. The molecule has 8 heteroatoms. The van der Waals surface area contributed by atoms with E-state index in [0.717, 1.165) is 17.0 Å². The summed E-state index contributed by atoms with van der Waals surface area (Å²) in [5.74, 6) is 1.98. The van der Waals surface area contributed by atoms with Crippen LogP contribution in [0.4, 0.5) is 5.13 Å². The quantitative estimate of drug-likeness (QED) is 0.703. The van der Waals surface area contributed by atoms with E-state index in [2.05, 4.69) is 10.3 Å². The number of ether oxygens (including phenoxy) is 4. The molecule has 1 N–H and O–H groups in total. The molecule has 1 aromatic heterocycles. The second-order valence-corrected chi connectivity index (χ2v) is 6.75. The molecule has 2 heterocycles. The zero-order valence-electron chi connectivity index (χ0n) is 15.4. The lowest BCUT2D eigenvalue weighted by Crippen LogP contribution is -2.15. The first-order valence-corrected chi connectivity index (χ1v) is 9.45. The van der Waals surface area contributed by atoms with Crippen molar-refractivity contribution in [3.63, 3.8) is 0 Å². The van der Waals surface area contributed by atoms with Gasteiger partial charge in [0.15, 0.2) is 28.1 Å². The maximum absolute atomic E-state index is 12.7. The van der Waals surface area contributed by atoms with Gasteiger partial charge in [-0.15, -0.1) is 11.3 Å². The smallest absolute Gasteiger partial charge is 0.261 e. The van der Waals surface area contributed by atoms with Crippen LogP contribution in [0.2, 0.25) is 0 Å². The highest BCUT2D eigenvalue weighted by atomic mass is 32.1. The third kappa shape index (κ3) is 3.46. The molecule has 0 saturated carbocycles. The first-order valence-electron chi connectivity index (χ1n) is 8.57. The summed E-state index contributed by atoms with van der Waals surface area (Å²) in [6.45, 7) is 1.07. The lowest BCUT2D eigenvalue weighted by Gasteiger charge is -2.18. The van der Waals surface area contributed by atoms with Gasteiger partial charge in [-0.3, -0.25) is 10.1 Å². The molecule has 0 radical (unpaired) electrons. The Kier molecular flexibility index (Phi) is 5.03. The highest BCUT2D eigenvalue weighted by Gasteiger charge is 2.18. The zero-order valence-corrected chi connectivity index (χ0v) is 16.2. The lowest BCUT2D eigenvalue weighted by molar-refractivity contribution is 0.102. The predicted octanol–water partition coefficient (Wildman–Crippen LogP) is 3.85. The number of thiazole rings is 1. The van der Waals surface area contributed by atoms with Crippen molar-refractivity contribution in [1.82, 2.24) is 4.98 Å².